The lowest BCUT2D eigenvalue weighted by Crippen LogP contribution is -2.07. The zero-order chi connectivity index (χ0) is 9.14. The first-order chi connectivity index (χ1) is 5.61. The molecule has 0 saturated carbocycles. The van der Waals surface area contributed by atoms with E-state index < -0.39 is 0 Å². The van der Waals surface area contributed by atoms with E-state index >= 15 is 0 Å². The molecule has 1 heterocycles. The molecule has 0 atom stereocenters. The number of carbonyl (C=O) groups is 2. The largest absolute Gasteiger partial charge is 0.459 e. The first-order valence-electron chi connectivity index (χ1n) is 3.47. The fourth-order valence-corrected chi connectivity index (χ4v) is 0.870. The predicted octanol–water partition coefficient (Wildman–Crippen LogP) is 1.44. The summed E-state index contributed by atoms with van der Waals surface area (Å²) in [5.41, 5.74) is 0.426. The standard InChI is InChI=1S/C8H9NO3/c1-5(10)8-7(3-4-12-8)9-6(2)11/h3-4H,1-2H3,(H,9,11). The minimum absolute atomic E-state index is 0.185. The van der Waals surface area contributed by atoms with Crippen LogP contribution in [0.25, 0.3) is 0 Å². The molecule has 1 amide bonds. The Hall–Kier alpha value is -1.58. The van der Waals surface area contributed by atoms with Gasteiger partial charge in [-0.05, 0) is 0 Å². The zero-order valence-corrected chi connectivity index (χ0v) is 6.88. The third-order valence-corrected chi connectivity index (χ3v) is 1.30. The Morgan fingerprint density at radius 3 is 2.58 bits per heavy atom. The molecule has 0 spiro atoms. The second-order valence-electron chi connectivity index (χ2n) is 2.40. The summed E-state index contributed by atoms with van der Waals surface area (Å²) in [5, 5.41) is 2.48. The van der Waals surface area contributed by atoms with Crippen LogP contribution in [0.2, 0.25) is 0 Å². The van der Waals surface area contributed by atoms with Crippen LogP contribution in [0.15, 0.2) is 16.7 Å². The summed E-state index contributed by atoms with van der Waals surface area (Å²) < 4.78 is 4.86. The number of hydrogen-bond acceptors (Lipinski definition) is 3. The van der Waals surface area contributed by atoms with Gasteiger partial charge in [-0.2, -0.15) is 0 Å². The first-order valence-corrected chi connectivity index (χ1v) is 3.47. The van der Waals surface area contributed by atoms with Gasteiger partial charge in [-0.25, -0.2) is 0 Å². The van der Waals surface area contributed by atoms with Crippen LogP contribution in [0, 0.1) is 0 Å². The second kappa shape index (κ2) is 3.21. The zero-order valence-electron chi connectivity index (χ0n) is 6.88. The molecule has 0 fully saturated rings. The van der Waals surface area contributed by atoms with Gasteiger partial charge >= 0.3 is 0 Å². The molecule has 4 heteroatoms. The van der Waals surface area contributed by atoms with Crippen LogP contribution in [0.3, 0.4) is 0 Å². The van der Waals surface area contributed by atoms with Crippen molar-refractivity contribution in [3.05, 3.63) is 18.1 Å². The summed E-state index contributed by atoms with van der Waals surface area (Å²) in [4.78, 5) is 21.5. The van der Waals surface area contributed by atoms with E-state index in [1.807, 2.05) is 0 Å². The van der Waals surface area contributed by atoms with Gasteiger partial charge in [0.05, 0.1) is 12.0 Å². The highest BCUT2D eigenvalue weighted by Gasteiger charge is 2.10. The lowest BCUT2D eigenvalue weighted by atomic mass is 10.3. The van der Waals surface area contributed by atoms with Crippen LogP contribution < -0.4 is 5.32 Å². The van der Waals surface area contributed by atoms with Crippen molar-refractivity contribution in [2.45, 2.75) is 13.8 Å². The number of hydrogen-bond donors (Lipinski definition) is 1. The number of Topliss-reactive ketones (excluding diaryl/α,β-unsaturated/α-hetero) is 1. The molecular formula is C8H9NO3. The summed E-state index contributed by atoms with van der Waals surface area (Å²) in [6.07, 6.45) is 1.36. The highest BCUT2D eigenvalue weighted by molar-refractivity contribution is 6.00. The molecule has 0 bridgehead atoms. The molecule has 12 heavy (non-hydrogen) atoms. The molecule has 0 aromatic carbocycles. The fraction of sp³-hybridized carbons (Fsp3) is 0.250. The minimum Gasteiger partial charge on any atom is -0.459 e. The number of carbonyl (C=O) groups excluding carboxylic acids is 2. The van der Waals surface area contributed by atoms with Crippen molar-refractivity contribution in [3.8, 4) is 0 Å². The molecule has 0 unspecified atom stereocenters. The lowest BCUT2D eigenvalue weighted by molar-refractivity contribution is -0.114. The van der Waals surface area contributed by atoms with E-state index in [2.05, 4.69) is 5.32 Å². The van der Waals surface area contributed by atoms with Gasteiger partial charge in [-0.1, -0.05) is 0 Å². The fourth-order valence-electron chi connectivity index (χ4n) is 0.870. The monoisotopic (exact) mass is 167 g/mol. The minimum atomic E-state index is -0.223. The van der Waals surface area contributed by atoms with Crippen LogP contribution in [-0.4, -0.2) is 11.7 Å². The van der Waals surface area contributed by atoms with Gasteiger partial charge in [0.1, 0.15) is 0 Å². The summed E-state index contributed by atoms with van der Waals surface area (Å²) in [7, 11) is 0. The average molecular weight is 167 g/mol. The van der Waals surface area contributed by atoms with Gasteiger partial charge in [0, 0.05) is 19.9 Å². The summed E-state index contributed by atoms with van der Waals surface area (Å²) in [6, 6.07) is 1.54. The van der Waals surface area contributed by atoms with Crippen LogP contribution >= 0.6 is 0 Å². The molecule has 1 rings (SSSR count). The van der Waals surface area contributed by atoms with Crippen LogP contribution in [0.4, 0.5) is 5.69 Å². The molecule has 0 aliphatic rings. The molecule has 1 aromatic heterocycles. The van der Waals surface area contributed by atoms with Crippen LogP contribution in [0.5, 0.6) is 0 Å². The molecule has 1 N–H and O–H groups in total. The van der Waals surface area contributed by atoms with Gasteiger partial charge in [0.25, 0.3) is 0 Å². The van der Waals surface area contributed by atoms with E-state index in [4.69, 9.17) is 4.42 Å². The Morgan fingerprint density at radius 1 is 1.42 bits per heavy atom. The van der Waals surface area contributed by atoms with Crippen LogP contribution in [0.1, 0.15) is 24.4 Å². The normalized spacial score (nSPS) is 9.50. The van der Waals surface area contributed by atoms with Gasteiger partial charge < -0.3 is 9.73 Å². The summed E-state index contributed by atoms with van der Waals surface area (Å²) in [6.45, 7) is 2.75. The van der Waals surface area contributed by atoms with E-state index in [0.717, 1.165) is 0 Å². The maximum atomic E-state index is 10.9. The van der Waals surface area contributed by atoms with Crippen molar-refractivity contribution in [1.82, 2.24) is 0 Å². The number of anilines is 1. The maximum absolute atomic E-state index is 10.9. The Balaban J connectivity index is 2.91. The van der Waals surface area contributed by atoms with Gasteiger partial charge in [0.15, 0.2) is 11.5 Å². The molecule has 0 radical (unpaired) electrons. The SMILES string of the molecule is CC(=O)Nc1ccoc1C(C)=O. The quantitative estimate of drug-likeness (QED) is 0.678. The Morgan fingerprint density at radius 2 is 2.08 bits per heavy atom. The Labute approximate surface area is 69.6 Å². The second-order valence-corrected chi connectivity index (χ2v) is 2.40. The van der Waals surface area contributed by atoms with E-state index in [1.54, 1.807) is 0 Å². The maximum Gasteiger partial charge on any atom is 0.221 e. The van der Waals surface area contributed by atoms with E-state index in [1.165, 1.54) is 26.2 Å². The van der Waals surface area contributed by atoms with Gasteiger partial charge in [-0.15, -0.1) is 0 Å². The molecule has 4 nitrogen and oxygen atoms in total. The van der Waals surface area contributed by atoms with Crippen LogP contribution in [-0.2, 0) is 4.79 Å². The Bertz CT molecular complexity index is 314. The van der Waals surface area contributed by atoms with Crippen molar-refractivity contribution < 1.29 is 14.0 Å². The lowest BCUT2D eigenvalue weighted by Gasteiger charge is -1.98. The smallest absolute Gasteiger partial charge is 0.221 e. The number of furan rings is 1. The van der Waals surface area contributed by atoms with Crippen molar-refractivity contribution in [1.29, 1.82) is 0 Å². The van der Waals surface area contributed by atoms with Crippen molar-refractivity contribution in [3.63, 3.8) is 0 Å². The Kier molecular flexibility index (Phi) is 2.28. The average Bonchev–Trinajstić information content (AvgIpc) is 2.33. The molecule has 64 valence electrons. The highest BCUT2D eigenvalue weighted by Crippen LogP contribution is 2.16. The number of nitrogens with one attached hydrogen (secondary N) is 1. The van der Waals surface area contributed by atoms with E-state index in [0.29, 0.717) is 5.69 Å². The number of rotatable bonds is 2. The third kappa shape index (κ3) is 1.72. The van der Waals surface area contributed by atoms with Crippen molar-refractivity contribution in [2.75, 3.05) is 5.32 Å². The molecule has 0 aliphatic carbocycles. The summed E-state index contributed by atoms with van der Waals surface area (Å²) in [5.74, 6) is -0.243. The molecule has 1 aromatic rings. The van der Waals surface area contributed by atoms with Gasteiger partial charge in [-0.3, -0.25) is 9.59 Å². The summed E-state index contributed by atoms with van der Waals surface area (Å²) >= 11 is 0. The van der Waals surface area contributed by atoms with Crippen molar-refractivity contribution >= 4 is 17.4 Å². The van der Waals surface area contributed by atoms with Crippen molar-refractivity contribution in [2.24, 2.45) is 0 Å². The highest BCUT2D eigenvalue weighted by atomic mass is 16.3. The number of amides is 1. The third-order valence-electron chi connectivity index (χ3n) is 1.30. The predicted molar refractivity (Wildman–Crippen MR) is 43.0 cm³/mol. The van der Waals surface area contributed by atoms with E-state index in [-0.39, 0.29) is 17.5 Å². The topological polar surface area (TPSA) is 59.3 Å². The molecular weight excluding hydrogens is 158 g/mol. The number of ketones is 1. The van der Waals surface area contributed by atoms with E-state index in [9.17, 15) is 9.59 Å². The first kappa shape index (κ1) is 8.52. The molecule has 0 aliphatic heterocycles. The van der Waals surface area contributed by atoms with Gasteiger partial charge in [0.2, 0.25) is 5.91 Å². The molecule has 0 saturated heterocycles.